The molecule has 1 aromatic rings. The van der Waals surface area contributed by atoms with Crippen LogP contribution in [0.3, 0.4) is 0 Å². The van der Waals surface area contributed by atoms with Gasteiger partial charge in [-0.25, -0.2) is 0 Å². The van der Waals surface area contributed by atoms with Gasteiger partial charge in [0.25, 0.3) is 0 Å². The molecule has 110 valence electrons. The highest BCUT2D eigenvalue weighted by molar-refractivity contribution is 9.10. The van der Waals surface area contributed by atoms with Crippen molar-refractivity contribution in [2.24, 2.45) is 5.41 Å². The Morgan fingerprint density at radius 1 is 1.30 bits per heavy atom. The van der Waals surface area contributed by atoms with Crippen LogP contribution in [0.2, 0.25) is 0 Å². The van der Waals surface area contributed by atoms with Gasteiger partial charge in [0.05, 0.1) is 29.9 Å². The minimum atomic E-state index is -0.570. The van der Waals surface area contributed by atoms with Crippen LogP contribution in [0.1, 0.15) is 31.1 Å². The third kappa shape index (κ3) is 3.30. The van der Waals surface area contributed by atoms with Gasteiger partial charge in [-0.2, -0.15) is 0 Å². The Balaban J connectivity index is 3.36. The van der Waals surface area contributed by atoms with Crippen LogP contribution in [0.25, 0.3) is 0 Å². The summed E-state index contributed by atoms with van der Waals surface area (Å²) in [6.45, 7) is 5.37. The molecule has 0 aliphatic rings. The Hall–Kier alpha value is -1.56. The van der Waals surface area contributed by atoms with Gasteiger partial charge in [0, 0.05) is 11.5 Å². The fourth-order valence-corrected chi connectivity index (χ4v) is 2.16. The molecule has 0 atom stereocenters. The fourth-order valence-electron chi connectivity index (χ4n) is 1.49. The minimum absolute atomic E-state index is 0.195. The Kier molecular flexibility index (Phi) is 5.16. The summed E-state index contributed by atoms with van der Waals surface area (Å²) in [5.74, 6) is 0.636. The molecule has 0 aliphatic carbocycles. The van der Waals surface area contributed by atoms with Crippen LogP contribution >= 0.6 is 15.9 Å². The molecule has 1 rings (SSSR count). The van der Waals surface area contributed by atoms with E-state index in [4.69, 9.17) is 9.47 Å². The van der Waals surface area contributed by atoms with E-state index in [0.717, 1.165) is 0 Å². The lowest BCUT2D eigenvalue weighted by Gasteiger charge is -2.20. The zero-order chi connectivity index (χ0) is 15.5. The van der Waals surface area contributed by atoms with Crippen molar-refractivity contribution in [3.63, 3.8) is 0 Å². The summed E-state index contributed by atoms with van der Waals surface area (Å²) in [5, 5.41) is 2.73. The maximum absolute atomic E-state index is 12.1. The van der Waals surface area contributed by atoms with E-state index >= 15 is 0 Å². The number of nitrogens with one attached hydrogen (secondary N) is 1. The van der Waals surface area contributed by atoms with Gasteiger partial charge in [0.2, 0.25) is 5.91 Å². The second-order valence-corrected chi connectivity index (χ2v) is 6.00. The van der Waals surface area contributed by atoms with Crippen molar-refractivity contribution in [1.82, 2.24) is 0 Å². The smallest absolute Gasteiger partial charge is 0.229 e. The second kappa shape index (κ2) is 6.26. The number of rotatable bonds is 4. The van der Waals surface area contributed by atoms with Crippen LogP contribution in [0.5, 0.6) is 11.5 Å². The largest absolute Gasteiger partial charge is 0.493 e. The summed E-state index contributed by atoms with van der Waals surface area (Å²) in [5.41, 5.74) is 0.115. The quantitative estimate of drug-likeness (QED) is 0.852. The molecule has 0 spiro atoms. The summed E-state index contributed by atoms with van der Waals surface area (Å²) in [4.78, 5) is 23.3. The third-order valence-corrected chi connectivity index (χ3v) is 3.48. The molecule has 0 fully saturated rings. The van der Waals surface area contributed by atoms with Crippen LogP contribution in [-0.2, 0) is 4.79 Å². The lowest BCUT2D eigenvalue weighted by Crippen LogP contribution is -2.28. The number of ether oxygens (including phenoxy) is 2. The molecular weight excluding hydrogens is 326 g/mol. The normalized spacial score (nSPS) is 10.9. The van der Waals surface area contributed by atoms with Gasteiger partial charge >= 0.3 is 0 Å². The number of amides is 1. The van der Waals surface area contributed by atoms with E-state index in [2.05, 4.69) is 21.2 Å². The van der Waals surface area contributed by atoms with E-state index in [1.165, 1.54) is 14.2 Å². The van der Waals surface area contributed by atoms with Crippen LogP contribution in [0.4, 0.5) is 5.69 Å². The van der Waals surface area contributed by atoms with E-state index in [1.54, 1.807) is 26.8 Å². The molecule has 0 aliphatic heterocycles. The average molecular weight is 344 g/mol. The van der Waals surface area contributed by atoms with E-state index < -0.39 is 5.41 Å². The predicted molar refractivity (Wildman–Crippen MR) is 80.7 cm³/mol. The summed E-state index contributed by atoms with van der Waals surface area (Å²) in [6, 6.07) is 1.57. The van der Waals surface area contributed by atoms with Crippen LogP contribution in [0.15, 0.2) is 10.5 Å². The standard InChI is InChI=1S/C14H18BrNO4/c1-14(2,3)13(18)16-9-6-10(19-4)12(20-5)11(15)8(9)7-17/h6-7H,1-5H3,(H,16,18). The molecule has 20 heavy (non-hydrogen) atoms. The number of benzene rings is 1. The molecule has 0 aromatic heterocycles. The van der Waals surface area contributed by atoms with Gasteiger partial charge in [0.15, 0.2) is 17.8 Å². The van der Waals surface area contributed by atoms with Gasteiger partial charge in [-0.3, -0.25) is 9.59 Å². The number of hydrogen-bond acceptors (Lipinski definition) is 4. The Morgan fingerprint density at radius 3 is 2.30 bits per heavy atom. The summed E-state index contributed by atoms with van der Waals surface area (Å²) in [6.07, 6.45) is 0.657. The first-order valence-electron chi connectivity index (χ1n) is 5.97. The number of methoxy groups -OCH3 is 2. The number of aldehydes is 1. The lowest BCUT2D eigenvalue weighted by molar-refractivity contribution is -0.123. The van der Waals surface area contributed by atoms with E-state index in [0.29, 0.717) is 33.5 Å². The first-order valence-corrected chi connectivity index (χ1v) is 6.76. The molecule has 0 bridgehead atoms. The molecule has 1 N–H and O–H groups in total. The molecule has 0 saturated heterocycles. The second-order valence-electron chi connectivity index (χ2n) is 5.21. The van der Waals surface area contributed by atoms with Crippen LogP contribution in [-0.4, -0.2) is 26.4 Å². The topological polar surface area (TPSA) is 64.6 Å². The SMILES string of the molecule is COc1cc(NC(=O)C(C)(C)C)c(C=O)c(Br)c1OC. The van der Waals surface area contributed by atoms with E-state index in [9.17, 15) is 9.59 Å². The van der Waals surface area contributed by atoms with Crippen molar-refractivity contribution >= 4 is 33.8 Å². The van der Waals surface area contributed by atoms with Crippen molar-refractivity contribution in [2.45, 2.75) is 20.8 Å². The monoisotopic (exact) mass is 343 g/mol. The van der Waals surface area contributed by atoms with Crippen molar-refractivity contribution in [1.29, 1.82) is 0 Å². The molecule has 0 heterocycles. The fraction of sp³-hybridized carbons (Fsp3) is 0.429. The maximum atomic E-state index is 12.1. The molecule has 6 heteroatoms. The van der Waals surface area contributed by atoms with Crippen LogP contribution < -0.4 is 14.8 Å². The van der Waals surface area contributed by atoms with Gasteiger partial charge < -0.3 is 14.8 Å². The molecular formula is C14H18BrNO4. The predicted octanol–water partition coefficient (Wildman–Crippen LogP) is 3.26. The van der Waals surface area contributed by atoms with Gasteiger partial charge in [-0.15, -0.1) is 0 Å². The van der Waals surface area contributed by atoms with Gasteiger partial charge in [0.1, 0.15) is 0 Å². The minimum Gasteiger partial charge on any atom is -0.493 e. The highest BCUT2D eigenvalue weighted by Crippen LogP contribution is 2.41. The molecule has 1 aromatic carbocycles. The third-order valence-electron chi connectivity index (χ3n) is 2.70. The number of anilines is 1. The number of carbonyl (C=O) groups excluding carboxylic acids is 2. The van der Waals surface area contributed by atoms with Crippen molar-refractivity contribution in [2.75, 3.05) is 19.5 Å². The summed E-state index contributed by atoms with van der Waals surface area (Å²) in [7, 11) is 2.96. The van der Waals surface area contributed by atoms with E-state index in [-0.39, 0.29) is 5.91 Å². The van der Waals surface area contributed by atoms with Crippen LogP contribution in [0, 0.1) is 5.41 Å². The molecule has 0 saturated carbocycles. The summed E-state index contributed by atoms with van der Waals surface area (Å²) >= 11 is 3.30. The summed E-state index contributed by atoms with van der Waals surface area (Å²) < 4.78 is 10.8. The molecule has 0 unspecified atom stereocenters. The van der Waals surface area contributed by atoms with Gasteiger partial charge in [-0.1, -0.05) is 20.8 Å². The maximum Gasteiger partial charge on any atom is 0.229 e. The first kappa shape index (κ1) is 16.5. The van der Waals surface area contributed by atoms with Gasteiger partial charge in [-0.05, 0) is 15.9 Å². The molecule has 1 amide bonds. The zero-order valence-corrected chi connectivity index (χ0v) is 13.8. The number of carbonyl (C=O) groups is 2. The zero-order valence-electron chi connectivity index (χ0n) is 12.2. The average Bonchev–Trinajstić information content (AvgIpc) is 2.37. The Morgan fingerprint density at radius 2 is 1.90 bits per heavy atom. The molecule has 5 nitrogen and oxygen atoms in total. The highest BCUT2D eigenvalue weighted by atomic mass is 79.9. The van der Waals surface area contributed by atoms with Crippen molar-refractivity contribution < 1.29 is 19.1 Å². The van der Waals surface area contributed by atoms with E-state index in [1.807, 2.05) is 0 Å². The molecule has 0 radical (unpaired) electrons. The van der Waals surface area contributed by atoms with Crippen molar-refractivity contribution in [3.05, 3.63) is 16.1 Å². The Bertz CT molecular complexity index is 535. The highest BCUT2D eigenvalue weighted by Gasteiger charge is 2.24. The lowest BCUT2D eigenvalue weighted by atomic mass is 9.95. The Labute approximate surface area is 126 Å². The number of hydrogen-bond donors (Lipinski definition) is 1. The van der Waals surface area contributed by atoms with Crippen molar-refractivity contribution in [3.8, 4) is 11.5 Å². The number of halogens is 1. The first-order chi connectivity index (χ1) is 9.26.